The zero-order valence-electron chi connectivity index (χ0n) is 49.4. The Morgan fingerprint density at radius 1 is 0.812 bits per heavy atom. The highest BCUT2D eigenvalue weighted by atomic mass is 32.1. The molecule has 4 amide bonds. The number of amides is 4. The SMILES string of the molecule is Cc1ncsc1-c1ccc(C(C)NC(=O)[C@@H]2C[C@@H](O)CN2C(=O)C(NC(=O)CCc2ccc(COc3cccc(-c4ccc(N5CCc6cccc(C(=O)Nc7nc8ccccc8s7)c6C5)nc4C(=O)OC(C)(C)C)c3C)cc2)C(C)(C)C)cc1. The number of fused-ring (bicyclic) bond motifs is 2. The van der Waals surface area contributed by atoms with Crippen molar-refractivity contribution in [3.05, 3.63) is 177 Å². The molecule has 1 fully saturated rings. The van der Waals surface area contributed by atoms with Crippen LogP contribution in [-0.4, -0.2) is 91.4 Å². The maximum absolute atomic E-state index is 14.3. The summed E-state index contributed by atoms with van der Waals surface area (Å²) in [5.74, 6) is -0.690. The molecule has 1 saturated heterocycles. The van der Waals surface area contributed by atoms with Gasteiger partial charge in [-0.25, -0.2) is 19.7 Å². The summed E-state index contributed by atoms with van der Waals surface area (Å²) in [6.45, 7) is 18.1. The molecule has 2 aliphatic heterocycles. The van der Waals surface area contributed by atoms with Gasteiger partial charge in [-0.05, 0) is 141 Å². The number of carbonyl (C=O) groups excluding carboxylic acids is 5. The molecule has 5 aromatic carbocycles. The number of nitrogens with one attached hydrogen (secondary N) is 3. The molecule has 440 valence electrons. The van der Waals surface area contributed by atoms with Gasteiger partial charge < -0.3 is 35.0 Å². The number of aliphatic hydroxyl groups is 1. The Hall–Kier alpha value is -8.32. The maximum Gasteiger partial charge on any atom is 0.358 e. The number of aromatic nitrogens is 3. The van der Waals surface area contributed by atoms with Crippen molar-refractivity contribution in [2.45, 2.75) is 131 Å². The summed E-state index contributed by atoms with van der Waals surface area (Å²) >= 11 is 3.00. The molecular weight excluding hydrogens is 1110 g/mol. The Kier molecular flexibility index (Phi) is 17.7. The lowest BCUT2D eigenvalue weighted by atomic mass is 9.85. The van der Waals surface area contributed by atoms with E-state index in [2.05, 4.69) is 36.9 Å². The summed E-state index contributed by atoms with van der Waals surface area (Å²) in [7, 11) is 0. The minimum absolute atomic E-state index is 0.0199. The normalized spacial score (nSPS) is 15.9. The molecule has 16 nitrogen and oxygen atoms in total. The van der Waals surface area contributed by atoms with Crippen molar-refractivity contribution in [2.75, 3.05) is 23.3 Å². The van der Waals surface area contributed by atoms with E-state index in [1.807, 2.05) is 183 Å². The van der Waals surface area contributed by atoms with Crippen LogP contribution in [-0.2, 0) is 45.1 Å². The van der Waals surface area contributed by atoms with E-state index in [9.17, 15) is 29.1 Å². The molecular formula is C67H72N8O8S2. The second-order valence-corrected chi connectivity index (χ2v) is 25.9. The number of pyridine rings is 1. The molecule has 4 N–H and O–H groups in total. The van der Waals surface area contributed by atoms with Gasteiger partial charge in [0.05, 0.1) is 38.4 Å². The van der Waals surface area contributed by atoms with Crippen LogP contribution in [0.2, 0.25) is 0 Å². The average Bonchev–Trinajstić information content (AvgIpc) is 2.64. The number of hydrogen-bond donors (Lipinski definition) is 4. The smallest absolute Gasteiger partial charge is 0.358 e. The van der Waals surface area contributed by atoms with Crippen LogP contribution in [0, 0.1) is 19.3 Å². The highest BCUT2D eigenvalue weighted by Crippen LogP contribution is 2.37. The highest BCUT2D eigenvalue weighted by Gasteiger charge is 2.45. The molecule has 5 heterocycles. The number of hydrogen-bond acceptors (Lipinski definition) is 14. The van der Waals surface area contributed by atoms with Crippen LogP contribution in [0.15, 0.2) is 127 Å². The van der Waals surface area contributed by atoms with E-state index in [4.69, 9.17) is 14.5 Å². The van der Waals surface area contributed by atoms with Crippen molar-refractivity contribution in [1.29, 1.82) is 0 Å². The third-order valence-electron chi connectivity index (χ3n) is 15.5. The number of rotatable bonds is 17. The van der Waals surface area contributed by atoms with Crippen LogP contribution in [0.3, 0.4) is 0 Å². The molecule has 2 unspecified atom stereocenters. The van der Waals surface area contributed by atoms with Crippen molar-refractivity contribution < 1.29 is 38.6 Å². The van der Waals surface area contributed by atoms with Crippen LogP contribution in [0.1, 0.15) is 127 Å². The first-order valence-electron chi connectivity index (χ1n) is 28.7. The molecule has 0 spiro atoms. The fourth-order valence-corrected chi connectivity index (χ4v) is 12.6. The van der Waals surface area contributed by atoms with Gasteiger partial charge in [0.2, 0.25) is 17.7 Å². The van der Waals surface area contributed by atoms with Gasteiger partial charge in [0.25, 0.3) is 5.91 Å². The van der Waals surface area contributed by atoms with E-state index in [0.717, 1.165) is 65.3 Å². The number of carbonyl (C=O) groups is 5. The molecule has 10 rings (SSSR count). The molecule has 0 saturated carbocycles. The number of benzene rings is 5. The van der Waals surface area contributed by atoms with Gasteiger partial charge in [-0.3, -0.25) is 24.5 Å². The first-order valence-corrected chi connectivity index (χ1v) is 30.4. The third kappa shape index (κ3) is 13.9. The number of aryl methyl sites for hydroxylation is 2. The Morgan fingerprint density at radius 3 is 2.27 bits per heavy atom. The first kappa shape index (κ1) is 59.8. The Bertz CT molecular complexity index is 3760. The van der Waals surface area contributed by atoms with E-state index in [1.54, 1.807) is 11.3 Å². The summed E-state index contributed by atoms with van der Waals surface area (Å²) < 4.78 is 13.4. The van der Waals surface area contributed by atoms with Gasteiger partial charge in [0.15, 0.2) is 10.8 Å². The number of thiazole rings is 2. The zero-order valence-corrected chi connectivity index (χ0v) is 51.1. The number of para-hydroxylation sites is 1. The third-order valence-corrected chi connectivity index (χ3v) is 17.5. The van der Waals surface area contributed by atoms with E-state index >= 15 is 0 Å². The van der Waals surface area contributed by atoms with Crippen molar-refractivity contribution >= 4 is 73.4 Å². The minimum Gasteiger partial charge on any atom is -0.489 e. The summed E-state index contributed by atoms with van der Waals surface area (Å²) in [4.78, 5) is 88.4. The number of anilines is 2. The summed E-state index contributed by atoms with van der Waals surface area (Å²) in [6, 6.07) is 36.6. The largest absolute Gasteiger partial charge is 0.489 e. The molecule has 0 bridgehead atoms. The summed E-state index contributed by atoms with van der Waals surface area (Å²) in [5.41, 5.74) is 10.7. The van der Waals surface area contributed by atoms with Gasteiger partial charge in [-0.1, -0.05) is 117 Å². The topological polar surface area (TPSA) is 205 Å². The van der Waals surface area contributed by atoms with Crippen molar-refractivity contribution in [2.24, 2.45) is 5.41 Å². The van der Waals surface area contributed by atoms with E-state index < -0.39 is 41.1 Å². The van der Waals surface area contributed by atoms with E-state index in [1.165, 1.54) is 16.2 Å². The van der Waals surface area contributed by atoms with Gasteiger partial charge in [-0.2, -0.15) is 0 Å². The van der Waals surface area contributed by atoms with Crippen LogP contribution >= 0.6 is 22.7 Å². The lowest BCUT2D eigenvalue weighted by Crippen LogP contribution is -2.57. The Balaban J connectivity index is 0.762. The fraction of sp³-hybridized carbons (Fsp3) is 0.343. The van der Waals surface area contributed by atoms with Crippen LogP contribution in [0.25, 0.3) is 31.8 Å². The summed E-state index contributed by atoms with van der Waals surface area (Å²) in [6.07, 6.45) is 0.405. The monoisotopic (exact) mass is 1180 g/mol. The van der Waals surface area contributed by atoms with Crippen LogP contribution in [0.4, 0.5) is 10.9 Å². The summed E-state index contributed by atoms with van der Waals surface area (Å²) in [5, 5.41) is 20.4. The Labute approximate surface area is 504 Å². The Morgan fingerprint density at radius 2 is 1.55 bits per heavy atom. The number of nitrogens with zero attached hydrogens (tertiary/aromatic N) is 5. The average molecular weight is 1180 g/mol. The molecule has 4 atom stereocenters. The molecule has 3 aromatic heterocycles. The van der Waals surface area contributed by atoms with Crippen molar-refractivity contribution in [3.63, 3.8) is 0 Å². The van der Waals surface area contributed by atoms with Gasteiger partial charge >= 0.3 is 5.97 Å². The minimum atomic E-state index is -0.950. The molecule has 8 aromatic rings. The van der Waals surface area contributed by atoms with Crippen molar-refractivity contribution in [3.8, 4) is 27.3 Å². The van der Waals surface area contributed by atoms with Gasteiger partial charge in [0.1, 0.15) is 35.9 Å². The first-order chi connectivity index (χ1) is 40.6. The molecule has 2 aliphatic rings. The van der Waals surface area contributed by atoms with E-state index in [-0.39, 0.29) is 55.5 Å². The molecule has 0 aliphatic carbocycles. The van der Waals surface area contributed by atoms with Gasteiger partial charge in [0, 0.05) is 43.6 Å². The molecule has 0 radical (unpaired) electrons. The van der Waals surface area contributed by atoms with Crippen molar-refractivity contribution in [1.82, 2.24) is 30.5 Å². The highest BCUT2D eigenvalue weighted by molar-refractivity contribution is 7.22. The maximum atomic E-state index is 14.3. The molecule has 18 heteroatoms. The zero-order chi connectivity index (χ0) is 60.3. The van der Waals surface area contributed by atoms with Crippen LogP contribution in [0.5, 0.6) is 5.75 Å². The predicted octanol–water partition coefficient (Wildman–Crippen LogP) is 11.8. The van der Waals surface area contributed by atoms with E-state index in [0.29, 0.717) is 53.8 Å². The molecule has 85 heavy (non-hydrogen) atoms. The number of likely N-dealkylation sites (tertiary alicyclic amines) is 1. The second-order valence-electron chi connectivity index (χ2n) is 24.0. The second kappa shape index (κ2) is 25.1. The number of aliphatic hydroxyl groups excluding tert-OH is 1. The quantitative estimate of drug-likeness (QED) is 0.0629. The van der Waals surface area contributed by atoms with Crippen LogP contribution < -0.4 is 25.6 Å². The predicted molar refractivity (Wildman–Crippen MR) is 334 cm³/mol. The number of β-amino-alcohol motifs (C(OH)–C–C–N with tert-alkyl or cyclic N) is 1. The van der Waals surface area contributed by atoms with Gasteiger partial charge in [-0.15, -0.1) is 11.3 Å². The lowest BCUT2D eigenvalue weighted by Gasteiger charge is -2.35. The standard InChI is InChI=1S/C67H72N8O8S2/c1-39-48(49-29-30-56(71-58(49)64(81)83-67(7,8)9)74-33-32-45-14-12-16-50(51(45)36-74)61(78)73-65-70-52-17-10-11-19-55(52)85-65)15-13-18-54(39)82-37-43-22-20-42(21-23-43)24-31-57(77)72-60(66(4,5)6)63(80)75-35-47(76)34-53(75)62(79)69-40(2)44-25-27-46(28-26-44)59-41(3)68-38-84-59/h10-23,25-30,38,40,47,53,60,76H,24,31-37H2,1-9H3,(H,69,79)(H,72,77)(H,70,73,78)/t40?,47-,53+,60?/m1/s1. The fourth-order valence-electron chi connectivity index (χ4n) is 10.9. The number of esters is 1. The lowest BCUT2D eigenvalue weighted by molar-refractivity contribution is -0.144. The number of ether oxygens (including phenoxy) is 2.